The molecule has 0 aliphatic rings. The van der Waals surface area contributed by atoms with E-state index in [-0.39, 0.29) is 24.3 Å². The Hall–Kier alpha value is -1.10. The summed E-state index contributed by atoms with van der Waals surface area (Å²) >= 11 is 0. The van der Waals surface area contributed by atoms with Crippen molar-refractivity contribution in [3.05, 3.63) is 0 Å². The highest BCUT2D eigenvalue weighted by molar-refractivity contribution is 5.87. The highest BCUT2D eigenvalue weighted by Gasteiger charge is 2.20. The zero-order valence-corrected chi connectivity index (χ0v) is 10.6. The van der Waals surface area contributed by atoms with E-state index in [2.05, 4.69) is 5.32 Å². The summed E-state index contributed by atoms with van der Waals surface area (Å²) < 4.78 is 0. The fourth-order valence-corrected chi connectivity index (χ4v) is 1.10. The van der Waals surface area contributed by atoms with Gasteiger partial charge in [0.05, 0.1) is 12.6 Å². The van der Waals surface area contributed by atoms with E-state index in [0.717, 1.165) is 6.42 Å². The predicted molar refractivity (Wildman–Crippen MR) is 63.8 cm³/mol. The lowest BCUT2D eigenvalue weighted by molar-refractivity contribution is -0.132. The van der Waals surface area contributed by atoms with Crippen molar-refractivity contribution < 1.29 is 9.59 Å². The van der Waals surface area contributed by atoms with E-state index >= 15 is 0 Å². The molecule has 0 spiro atoms. The van der Waals surface area contributed by atoms with Gasteiger partial charge < -0.3 is 16.0 Å². The van der Waals surface area contributed by atoms with Crippen LogP contribution < -0.4 is 11.1 Å². The van der Waals surface area contributed by atoms with Crippen LogP contribution in [0.15, 0.2) is 0 Å². The standard InChI is InChI=1S/C11H23N3O2/c1-5-8(3)10(12)11(16)13-7-9(15)14(4)6-2/h8,10H,5-7,12H2,1-4H3,(H,13,16)/t8-,10-/m0/s1. The van der Waals surface area contributed by atoms with Crippen LogP contribution in [0.25, 0.3) is 0 Å². The number of likely N-dealkylation sites (N-methyl/N-ethyl adjacent to an activating group) is 1. The summed E-state index contributed by atoms with van der Waals surface area (Å²) in [6.45, 7) is 6.43. The second-order valence-electron chi connectivity index (χ2n) is 4.04. The van der Waals surface area contributed by atoms with Gasteiger partial charge in [-0.2, -0.15) is 0 Å². The van der Waals surface area contributed by atoms with Crippen molar-refractivity contribution in [1.29, 1.82) is 0 Å². The summed E-state index contributed by atoms with van der Waals surface area (Å²) in [5.41, 5.74) is 5.73. The topological polar surface area (TPSA) is 75.4 Å². The number of nitrogens with two attached hydrogens (primary N) is 1. The molecule has 94 valence electrons. The van der Waals surface area contributed by atoms with Crippen molar-refractivity contribution in [3.8, 4) is 0 Å². The van der Waals surface area contributed by atoms with E-state index < -0.39 is 6.04 Å². The second-order valence-corrected chi connectivity index (χ2v) is 4.04. The highest BCUT2D eigenvalue weighted by Crippen LogP contribution is 2.04. The average molecular weight is 229 g/mol. The van der Waals surface area contributed by atoms with Gasteiger partial charge in [0.2, 0.25) is 11.8 Å². The molecule has 0 unspecified atom stereocenters. The molecule has 0 aliphatic heterocycles. The maximum atomic E-state index is 11.6. The third kappa shape index (κ3) is 4.61. The first kappa shape index (κ1) is 14.9. The summed E-state index contributed by atoms with van der Waals surface area (Å²) in [6.07, 6.45) is 0.845. The third-order valence-electron chi connectivity index (χ3n) is 2.87. The van der Waals surface area contributed by atoms with E-state index in [0.29, 0.717) is 6.54 Å². The second kappa shape index (κ2) is 7.22. The van der Waals surface area contributed by atoms with Crippen LogP contribution >= 0.6 is 0 Å². The van der Waals surface area contributed by atoms with Crippen LogP contribution in [0.3, 0.4) is 0 Å². The van der Waals surface area contributed by atoms with Crippen LogP contribution in [0.2, 0.25) is 0 Å². The molecule has 16 heavy (non-hydrogen) atoms. The van der Waals surface area contributed by atoms with Crippen molar-refractivity contribution in [2.75, 3.05) is 20.1 Å². The Morgan fingerprint density at radius 1 is 1.38 bits per heavy atom. The quantitative estimate of drug-likeness (QED) is 0.671. The molecule has 3 N–H and O–H groups in total. The molecule has 0 fully saturated rings. The lowest BCUT2D eigenvalue weighted by Gasteiger charge is -2.19. The third-order valence-corrected chi connectivity index (χ3v) is 2.87. The zero-order valence-electron chi connectivity index (χ0n) is 10.6. The fraction of sp³-hybridized carbons (Fsp3) is 0.818. The number of nitrogens with zero attached hydrogens (tertiary/aromatic N) is 1. The van der Waals surface area contributed by atoms with E-state index in [1.165, 1.54) is 0 Å². The van der Waals surface area contributed by atoms with Gasteiger partial charge in [0, 0.05) is 13.6 Å². The number of nitrogens with one attached hydrogen (secondary N) is 1. The first-order chi connectivity index (χ1) is 7.43. The molecule has 0 aromatic carbocycles. The average Bonchev–Trinajstić information content (AvgIpc) is 2.32. The first-order valence-corrected chi connectivity index (χ1v) is 5.71. The highest BCUT2D eigenvalue weighted by atomic mass is 16.2. The Labute approximate surface area is 97.4 Å². The van der Waals surface area contributed by atoms with E-state index in [1.54, 1.807) is 11.9 Å². The van der Waals surface area contributed by atoms with Crippen LogP contribution in [-0.4, -0.2) is 42.9 Å². The van der Waals surface area contributed by atoms with Gasteiger partial charge in [-0.1, -0.05) is 20.3 Å². The number of carbonyl (C=O) groups is 2. The minimum absolute atomic E-state index is 0.0211. The summed E-state index contributed by atoms with van der Waals surface area (Å²) in [6, 6.07) is -0.537. The predicted octanol–water partition coefficient (Wildman–Crippen LogP) is -0.0457. The van der Waals surface area contributed by atoms with Gasteiger partial charge in [-0.15, -0.1) is 0 Å². The zero-order chi connectivity index (χ0) is 12.7. The van der Waals surface area contributed by atoms with Crippen molar-refractivity contribution in [2.24, 2.45) is 11.7 Å². The molecule has 0 radical (unpaired) electrons. The summed E-state index contributed by atoms with van der Waals surface area (Å²) in [4.78, 5) is 24.5. The number of hydrogen-bond donors (Lipinski definition) is 2. The van der Waals surface area contributed by atoms with E-state index in [1.807, 2.05) is 20.8 Å². The number of amides is 2. The van der Waals surface area contributed by atoms with Gasteiger partial charge in [-0.25, -0.2) is 0 Å². The molecule has 5 heteroatoms. The molecular weight excluding hydrogens is 206 g/mol. The largest absolute Gasteiger partial charge is 0.346 e. The molecule has 0 rings (SSSR count). The Kier molecular flexibility index (Phi) is 6.72. The molecule has 0 saturated heterocycles. The van der Waals surface area contributed by atoms with Gasteiger partial charge in [0.1, 0.15) is 0 Å². The van der Waals surface area contributed by atoms with Crippen LogP contribution in [-0.2, 0) is 9.59 Å². The molecule has 2 atom stereocenters. The smallest absolute Gasteiger partial charge is 0.241 e. The molecule has 0 heterocycles. The molecular formula is C11H23N3O2. The lowest BCUT2D eigenvalue weighted by Crippen LogP contribution is -2.47. The summed E-state index contributed by atoms with van der Waals surface area (Å²) in [5.74, 6) is -0.238. The van der Waals surface area contributed by atoms with Gasteiger partial charge in [0.25, 0.3) is 0 Å². The summed E-state index contributed by atoms with van der Waals surface area (Å²) in [5, 5.41) is 2.56. The molecule has 0 aromatic rings. The first-order valence-electron chi connectivity index (χ1n) is 5.71. The maximum absolute atomic E-state index is 11.6. The molecule has 0 aliphatic carbocycles. The van der Waals surface area contributed by atoms with Crippen molar-refractivity contribution >= 4 is 11.8 Å². The Morgan fingerprint density at radius 3 is 2.38 bits per heavy atom. The number of rotatable bonds is 6. The molecule has 0 saturated carbocycles. The minimum atomic E-state index is -0.537. The molecule has 5 nitrogen and oxygen atoms in total. The number of hydrogen-bond acceptors (Lipinski definition) is 3. The Morgan fingerprint density at radius 2 is 1.94 bits per heavy atom. The Bertz CT molecular complexity index is 243. The van der Waals surface area contributed by atoms with Crippen molar-refractivity contribution in [2.45, 2.75) is 33.2 Å². The van der Waals surface area contributed by atoms with Gasteiger partial charge in [0.15, 0.2) is 0 Å². The van der Waals surface area contributed by atoms with Gasteiger partial charge in [-0.05, 0) is 12.8 Å². The maximum Gasteiger partial charge on any atom is 0.241 e. The van der Waals surface area contributed by atoms with Crippen LogP contribution in [0.5, 0.6) is 0 Å². The van der Waals surface area contributed by atoms with E-state index in [4.69, 9.17) is 5.73 Å². The van der Waals surface area contributed by atoms with Crippen LogP contribution in [0, 0.1) is 5.92 Å². The molecule has 0 aromatic heterocycles. The monoisotopic (exact) mass is 229 g/mol. The molecule has 2 amide bonds. The minimum Gasteiger partial charge on any atom is -0.346 e. The van der Waals surface area contributed by atoms with E-state index in [9.17, 15) is 9.59 Å². The lowest BCUT2D eigenvalue weighted by atomic mass is 9.99. The van der Waals surface area contributed by atoms with Gasteiger partial charge >= 0.3 is 0 Å². The van der Waals surface area contributed by atoms with Crippen molar-refractivity contribution in [1.82, 2.24) is 10.2 Å². The fourth-order valence-electron chi connectivity index (χ4n) is 1.10. The molecule has 0 bridgehead atoms. The van der Waals surface area contributed by atoms with Crippen LogP contribution in [0.1, 0.15) is 27.2 Å². The number of carbonyl (C=O) groups excluding carboxylic acids is 2. The van der Waals surface area contributed by atoms with Crippen LogP contribution in [0.4, 0.5) is 0 Å². The SMILES string of the molecule is CC[C@H](C)[C@H](N)C(=O)NCC(=O)N(C)CC. The Balaban J connectivity index is 4.03. The van der Waals surface area contributed by atoms with Crippen molar-refractivity contribution in [3.63, 3.8) is 0 Å². The normalized spacial score (nSPS) is 14.1. The van der Waals surface area contributed by atoms with Gasteiger partial charge in [-0.3, -0.25) is 9.59 Å². The summed E-state index contributed by atoms with van der Waals surface area (Å²) in [7, 11) is 1.70.